The number of hydrogen-bond acceptors (Lipinski definition) is 9. The molecule has 0 saturated heterocycles. The van der Waals surface area contributed by atoms with Crippen molar-refractivity contribution in [3.05, 3.63) is 41.8 Å². The average Bonchev–Trinajstić information content (AvgIpc) is 3.19. The molecule has 0 spiro atoms. The fraction of sp³-hybridized carbons (Fsp3) is 0.578. The molecule has 0 unspecified atom stereocenters. The van der Waals surface area contributed by atoms with Gasteiger partial charge in [0.2, 0.25) is 5.36 Å². The van der Waals surface area contributed by atoms with Crippen LogP contribution in [0.5, 0.6) is 0 Å². The monoisotopic (exact) mass is 854 g/mol. The van der Waals surface area contributed by atoms with Crippen molar-refractivity contribution in [1.29, 1.82) is 0 Å². The first-order valence-electron chi connectivity index (χ1n) is 21.8. The quantitative estimate of drug-likeness (QED) is 0.0176. The van der Waals surface area contributed by atoms with E-state index in [9.17, 15) is 25.9 Å². The van der Waals surface area contributed by atoms with Crippen molar-refractivity contribution in [1.82, 2.24) is 4.58 Å². The molecule has 0 aliphatic rings. The molecule has 0 amide bonds. The largest absolute Gasteiger partial charge is 0.456 e. The van der Waals surface area contributed by atoms with Crippen LogP contribution in [0.15, 0.2) is 49.6 Å². The van der Waals surface area contributed by atoms with Gasteiger partial charge in [-0.2, -0.15) is 16.8 Å². The predicted molar refractivity (Wildman–Crippen MR) is 242 cm³/mol. The van der Waals surface area contributed by atoms with Gasteiger partial charge < -0.3 is 23.1 Å². The van der Waals surface area contributed by atoms with Gasteiger partial charge in [0, 0.05) is 67.7 Å². The highest BCUT2D eigenvalue weighted by Gasteiger charge is 2.25. The molecule has 0 saturated carbocycles. The van der Waals surface area contributed by atoms with Crippen molar-refractivity contribution in [2.45, 2.75) is 117 Å². The normalized spacial score (nSPS) is 13.3. The van der Waals surface area contributed by atoms with Gasteiger partial charge in [-0.15, -0.1) is 0 Å². The molecular formula is C45H64N3O9S2+. The Morgan fingerprint density at radius 3 is 1.29 bits per heavy atom. The van der Waals surface area contributed by atoms with Crippen LogP contribution < -0.4 is 19.7 Å². The van der Waals surface area contributed by atoms with E-state index in [1.807, 2.05) is 24.3 Å². The summed E-state index contributed by atoms with van der Waals surface area (Å²) in [5, 5.41) is 3.91. The third-order valence-electron chi connectivity index (χ3n) is 11.7. The molecule has 6 rings (SSSR count). The molecule has 2 N–H and O–H groups in total. The second kappa shape index (κ2) is 20.1. The van der Waals surface area contributed by atoms with Crippen molar-refractivity contribution >= 4 is 86.7 Å². The van der Waals surface area contributed by atoms with E-state index in [0.717, 1.165) is 53.2 Å². The van der Waals surface area contributed by atoms with Gasteiger partial charge >= 0.3 is 0 Å². The van der Waals surface area contributed by atoms with Crippen LogP contribution in [-0.2, 0) is 20.2 Å². The SMILES string of the molecule is CCCCCCCCCCN(CCCCCCCCCC)c1cc2oc3cc(N(C)CCS(=O)(=O)O)cc4oc5cc(=[N+](C)CCS(=O)(=O)O)cc6oc(c1)c2c(c34)c56. The topological polar surface area (TPSA) is 158 Å². The van der Waals surface area contributed by atoms with Gasteiger partial charge in [0.25, 0.3) is 20.2 Å². The standard InChI is InChI=1S/C45H63N3O9S2/c1-5-7-9-11-13-15-17-19-21-48(22-20-18-16-14-12-10-8-6-2)35-31-40-44-41(32-35)57-39-30-34(47(4)24-26-59(52,53)54)28-37-43(39)45(44)42-36(55-37)27-33(29-38(42)56-40)46(3)23-25-58(49,50)51/h27-32H,5-26H2,1-4H3,(H-,49,50,51,52,53,54)/p+1. The summed E-state index contributed by atoms with van der Waals surface area (Å²) in [6, 6.07) is 11.7. The molecule has 3 heterocycles. The minimum atomic E-state index is -4.19. The third kappa shape index (κ3) is 11.7. The summed E-state index contributed by atoms with van der Waals surface area (Å²) in [6.45, 7) is 6.42. The molecule has 0 fully saturated rings. The average molecular weight is 855 g/mol. The molecule has 0 radical (unpaired) electrons. The van der Waals surface area contributed by atoms with Crippen molar-refractivity contribution in [3.63, 3.8) is 0 Å². The minimum absolute atomic E-state index is 0.0439. The lowest BCUT2D eigenvalue weighted by Gasteiger charge is -2.26. The van der Waals surface area contributed by atoms with Gasteiger partial charge in [-0.25, -0.2) is 4.58 Å². The number of hydrogen-bond donors (Lipinski definition) is 2. The number of nitrogens with zero attached hydrogens (tertiary/aromatic N) is 3. The Kier molecular flexibility index (Phi) is 15.3. The van der Waals surface area contributed by atoms with Crippen LogP contribution in [0.4, 0.5) is 11.4 Å². The van der Waals surface area contributed by atoms with Crippen LogP contribution in [-0.4, -0.2) is 77.7 Å². The molecule has 0 bridgehead atoms. The Labute approximate surface area is 349 Å². The van der Waals surface area contributed by atoms with Crippen molar-refractivity contribution in [2.24, 2.45) is 0 Å². The van der Waals surface area contributed by atoms with Crippen molar-refractivity contribution in [2.75, 3.05) is 61.6 Å². The Balaban J connectivity index is 1.45. The maximum Gasteiger partial charge on any atom is 0.271 e. The fourth-order valence-corrected chi connectivity index (χ4v) is 9.32. The van der Waals surface area contributed by atoms with Crippen LogP contribution in [0, 0.1) is 0 Å². The van der Waals surface area contributed by atoms with E-state index in [1.54, 1.807) is 23.6 Å². The molecule has 14 heteroatoms. The number of rotatable bonds is 26. The van der Waals surface area contributed by atoms with Crippen LogP contribution in [0.3, 0.4) is 0 Å². The molecule has 59 heavy (non-hydrogen) atoms. The molecule has 3 aromatic heterocycles. The summed E-state index contributed by atoms with van der Waals surface area (Å²) < 4.78 is 87.5. The lowest BCUT2D eigenvalue weighted by atomic mass is 9.98. The Hall–Kier alpha value is -3.85. The van der Waals surface area contributed by atoms with Gasteiger partial charge in [0.15, 0.2) is 6.54 Å². The van der Waals surface area contributed by atoms with Crippen LogP contribution in [0.2, 0.25) is 0 Å². The van der Waals surface area contributed by atoms with Crippen LogP contribution in [0.25, 0.3) is 55.0 Å². The van der Waals surface area contributed by atoms with Crippen molar-refractivity contribution < 1.29 is 39.2 Å². The summed E-state index contributed by atoms with van der Waals surface area (Å²) in [5.41, 5.74) is 5.13. The summed E-state index contributed by atoms with van der Waals surface area (Å²) in [7, 11) is -4.88. The van der Waals surface area contributed by atoms with Crippen LogP contribution in [0.1, 0.15) is 117 Å². The lowest BCUT2D eigenvalue weighted by molar-refractivity contribution is 0.478. The summed E-state index contributed by atoms with van der Waals surface area (Å²) >= 11 is 0. The van der Waals surface area contributed by atoms with E-state index in [0.29, 0.717) is 44.5 Å². The van der Waals surface area contributed by atoms with Crippen LogP contribution >= 0.6 is 0 Å². The molecule has 0 aliphatic heterocycles. The second-order valence-corrected chi connectivity index (χ2v) is 19.6. The first kappa shape index (κ1) is 44.7. The third-order valence-corrected chi connectivity index (χ3v) is 13.1. The molecule has 324 valence electrons. The van der Waals surface area contributed by atoms with Gasteiger partial charge in [-0.05, 0) is 12.8 Å². The van der Waals surface area contributed by atoms with Gasteiger partial charge in [0.05, 0.1) is 34.0 Å². The fourth-order valence-electron chi connectivity index (χ4n) is 8.31. The van der Waals surface area contributed by atoms with Gasteiger partial charge in [0.1, 0.15) is 46.3 Å². The maximum absolute atomic E-state index is 11.7. The highest BCUT2D eigenvalue weighted by Crippen LogP contribution is 2.46. The van der Waals surface area contributed by atoms with E-state index in [1.165, 1.54) is 89.9 Å². The zero-order valence-electron chi connectivity index (χ0n) is 35.4. The lowest BCUT2D eigenvalue weighted by Crippen LogP contribution is -2.30. The Bertz CT molecular complexity index is 2590. The number of benzene rings is 3. The second-order valence-electron chi connectivity index (χ2n) is 16.5. The van der Waals surface area contributed by atoms with E-state index >= 15 is 0 Å². The highest BCUT2D eigenvalue weighted by atomic mass is 32.2. The van der Waals surface area contributed by atoms with E-state index in [2.05, 4.69) is 30.9 Å². The molecule has 0 atom stereocenters. The zero-order chi connectivity index (χ0) is 42.2. The van der Waals surface area contributed by atoms with Crippen molar-refractivity contribution in [3.8, 4) is 0 Å². The predicted octanol–water partition coefficient (Wildman–Crippen LogP) is 10.4. The molecule has 3 aromatic carbocycles. The first-order chi connectivity index (χ1) is 28.3. The number of unbranched alkanes of at least 4 members (excludes halogenated alkanes) is 14. The Morgan fingerprint density at radius 2 is 0.881 bits per heavy atom. The molecule has 6 aromatic rings. The first-order valence-corrected chi connectivity index (χ1v) is 25.0. The van der Waals surface area contributed by atoms with E-state index < -0.39 is 31.7 Å². The smallest absolute Gasteiger partial charge is 0.271 e. The molecule has 0 aliphatic carbocycles. The summed E-state index contributed by atoms with van der Waals surface area (Å²) in [5.74, 6) is -0.887. The summed E-state index contributed by atoms with van der Waals surface area (Å²) in [4.78, 5) is 4.21. The maximum atomic E-state index is 11.7. The van der Waals surface area contributed by atoms with Gasteiger partial charge in [-0.1, -0.05) is 104 Å². The Morgan fingerprint density at radius 1 is 0.508 bits per heavy atom. The summed E-state index contributed by atoms with van der Waals surface area (Å²) in [6.07, 6.45) is 19.9. The van der Waals surface area contributed by atoms with Gasteiger partial charge in [-0.3, -0.25) is 9.11 Å². The minimum Gasteiger partial charge on any atom is -0.456 e. The van der Waals surface area contributed by atoms with E-state index in [-0.39, 0.29) is 13.1 Å². The zero-order valence-corrected chi connectivity index (χ0v) is 37.1. The molecule has 12 nitrogen and oxygen atoms in total. The highest BCUT2D eigenvalue weighted by molar-refractivity contribution is 7.86. The number of anilines is 2. The van der Waals surface area contributed by atoms with E-state index in [4.69, 9.17) is 13.3 Å². The molecular weight excluding hydrogens is 791 g/mol.